The van der Waals surface area contributed by atoms with E-state index < -0.39 is 7.12 Å². The molecule has 1 fully saturated rings. The number of ketones is 1. The molecule has 0 aliphatic carbocycles. The lowest BCUT2D eigenvalue weighted by atomic mass is 9.79. The van der Waals surface area contributed by atoms with Gasteiger partial charge in [0, 0.05) is 12.0 Å². The second kappa shape index (κ2) is 5.60. The van der Waals surface area contributed by atoms with Crippen LogP contribution in [0.4, 0.5) is 0 Å². The van der Waals surface area contributed by atoms with E-state index in [0.717, 1.165) is 0 Å². The van der Waals surface area contributed by atoms with Crippen molar-refractivity contribution >= 4 is 12.9 Å². The summed E-state index contributed by atoms with van der Waals surface area (Å²) in [7, 11) is -1.37. The molecule has 15 heavy (non-hydrogen) atoms. The van der Waals surface area contributed by atoms with Gasteiger partial charge in [0.1, 0.15) is 0 Å². The molecule has 0 bridgehead atoms. The standard InChI is InChI=1S/C9H19BN2O3/c1-6(2)11-5-8(13)7-3-4-9(12-7)10(14)15/h6-7,9,11-12,14-15H,3-5H2,1-2H3/t7?,9-/m0/s1. The topological polar surface area (TPSA) is 81.6 Å². The molecule has 1 saturated heterocycles. The van der Waals surface area contributed by atoms with E-state index in [2.05, 4.69) is 10.6 Å². The Kier molecular flexibility index (Phi) is 4.72. The van der Waals surface area contributed by atoms with Crippen LogP contribution in [0.25, 0.3) is 0 Å². The summed E-state index contributed by atoms with van der Waals surface area (Å²) < 4.78 is 0. The number of carbonyl (C=O) groups is 1. The fourth-order valence-electron chi connectivity index (χ4n) is 1.69. The highest BCUT2D eigenvalue weighted by Crippen LogP contribution is 2.13. The molecule has 0 aromatic rings. The Morgan fingerprint density at radius 2 is 2.20 bits per heavy atom. The maximum atomic E-state index is 11.6. The summed E-state index contributed by atoms with van der Waals surface area (Å²) in [5, 5.41) is 23.8. The maximum Gasteiger partial charge on any atom is 0.469 e. The molecule has 0 aromatic carbocycles. The minimum atomic E-state index is -1.37. The van der Waals surface area contributed by atoms with Crippen molar-refractivity contribution in [2.24, 2.45) is 0 Å². The Balaban J connectivity index is 2.30. The summed E-state index contributed by atoms with van der Waals surface area (Å²) in [6.07, 6.45) is 1.32. The van der Waals surface area contributed by atoms with E-state index in [1.165, 1.54) is 0 Å². The number of rotatable bonds is 5. The Hall–Kier alpha value is -0.425. The predicted octanol–water partition coefficient (Wildman–Crippen LogP) is -1.31. The molecule has 5 nitrogen and oxygen atoms in total. The zero-order valence-electron chi connectivity index (χ0n) is 9.23. The van der Waals surface area contributed by atoms with Crippen LogP contribution in [0.3, 0.4) is 0 Å². The molecule has 1 aliphatic rings. The third kappa shape index (κ3) is 3.91. The minimum absolute atomic E-state index is 0.0897. The fourth-order valence-corrected chi connectivity index (χ4v) is 1.69. The van der Waals surface area contributed by atoms with E-state index in [0.29, 0.717) is 19.4 Å². The second-order valence-electron chi connectivity index (χ2n) is 4.32. The molecule has 0 saturated carbocycles. The zero-order chi connectivity index (χ0) is 11.4. The monoisotopic (exact) mass is 214 g/mol. The number of carbonyl (C=O) groups excluding carboxylic acids is 1. The van der Waals surface area contributed by atoms with Crippen LogP contribution in [-0.2, 0) is 4.79 Å². The highest BCUT2D eigenvalue weighted by atomic mass is 16.4. The third-order valence-electron chi connectivity index (χ3n) is 2.61. The lowest BCUT2D eigenvalue weighted by Crippen LogP contribution is -2.46. The lowest BCUT2D eigenvalue weighted by Gasteiger charge is -2.14. The van der Waals surface area contributed by atoms with Crippen molar-refractivity contribution in [3.05, 3.63) is 0 Å². The van der Waals surface area contributed by atoms with Gasteiger partial charge in [-0.05, 0) is 12.8 Å². The molecule has 2 atom stereocenters. The van der Waals surface area contributed by atoms with Gasteiger partial charge in [0.2, 0.25) is 0 Å². The molecule has 0 radical (unpaired) electrons. The van der Waals surface area contributed by atoms with Gasteiger partial charge >= 0.3 is 7.12 Å². The predicted molar refractivity (Wildman–Crippen MR) is 58.3 cm³/mol. The Labute approximate surface area is 90.4 Å². The molecule has 0 aromatic heterocycles. The SMILES string of the molecule is CC(C)NCC(=O)C1CC[C@@H](B(O)O)N1. The van der Waals surface area contributed by atoms with Crippen molar-refractivity contribution in [1.82, 2.24) is 10.6 Å². The maximum absolute atomic E-state index is 11.6. The summed E-state index contributed by atoms with van der Waals surface area (Å²) in [6.45, 7) is 4.30. The average Bonchev–Trinajstić information content (AvgIpc) is 2.62. The van der Waals surface area contributed by atoms with E-state index >= 15 is 0 Å². The van der Waals surface area contributed by atoms with Crippen molar-refractivity contribution in [1.29, 1.82) is 0 Å². The zero-order valence-corrected chi connectivity index (χ0v) is 9.23. The molecule has 1 rings (SSSR count). The van der Waals surface area contributed by atoms with Crippen molar-refractivity contribution in [2.45, 2.75) is 44.7 Å². The highest BCUT2D eigenvalue weighted by molar-refractivity contribution is 6.43. The molecule has 1 heterocycles. The van der Waals surface area contributed by atoms with Gasteiger partial charge in [0.05, 0.1) is 12.6 Å². The smallest absolute Gasteiger partial charge is 0.426 e. The van der Waals surface area contributed by atoms with Gasteiger partial charge in [-0.1, -0.05) is 13.8 Å². The fraction of sp³-hybridized carbons (Fsp3) is 0.889. The average molecular weight is 214 g/mol. The van der Waals surface area contributed by atoms with E-state index in [4.69, 9.17) is 10.0 Å². The molecule has 6 heteroatoms. The van der Waals surface area contributed by atoms with Crippen LogP contribution in [0.1, 0.15) is 26.7 Å². The largest absolute Gasteiger partial charge is 0.469 e. The van der Waals surface area contributed by atoms with Crippen LogP contribution in [0, 0.1) is 0 Å². The number of nitrogens with one attached hydrogen (secondary N) is 2. The summed E-state index contributed by atoms with van der Waals surface area (Å²) in [5.41, 5.74) is 0. The van der Waals surface area contributed by atoms with E-state index in [9.17, 15) is 4.79 Å². The van der Waals surface area contributed by atoms with Crippen LogP contribution in [0.5, 0.6) is 0 Å². The molecule has 0 amide bonds. The normalized spacial score (nSPS) is 25.9. The second-order valence-corrected chi connectivity index (χ2v) is 4.32. The summed E-state index contributed by atoms with van der Waals surface area (Å²) in [6, 6.07) is 0.0534. The van der Waals surface area contributed by atoms with Crippen LogP contribution < -0.4 is 10.6 Å². The number of Topliss-reactive ketones (excluding diaryl/α,β-unsaturated/α-hetero) is 1. The molecule has 4 N–H and O–H groups in total. The first-order valence-electron chi connectivity index (χ1n) is 5.39. The first kappa shape index (κ1) is 12.6. The lowest BCUT2D eigenvalue weighted by molar-refractivity contribution is -0.120. The molecular weight excluding hydrogens is 195 g/mol. The van der Waals surface area contributed by atoms with E-state index in [1.54, 1.807) is 0 Å². The summed E-state index contributed by atoms with van der Waals surface area (Å²) >= 11 is 0. The van der Waals surface area contributed by atoms with Gasteiger partial charge in [0.15, 0.2) is 5.78 Å². The van der Waals surface area contributed by atoms with Gasteiger partial charge in [-0.3, -0.25) is 4.79 Å². The molecule has 86 valence electrons. The summed E-state index contributed by atoms with van der Waals surface area (Å²) in [5.74, 6) is -0.273. The molecule has 0 spiro atoms. The third-order valence-corrected chi connectivity index (χ3v) is 2.61. The quantitative estimate of drug-likeness (QED) is 0.427. The van der Waals surface area contributed by atoms with Crippen LogP contribution >= 0.6 is 0 Å². The highest BCUT2D eigenvalue weighted by Gasteiger charge is 2.34. The first-order valence-corrected chi connectivity index (χ1v) is 5.39. The van der Waals surface area contributed by atoms with Crippen molar-refractivity contribution in [3.8, 4) is 0 Å². The number of hydrogen-bond acceptors (Lipinski definition) is 5. The van der Waals surface area contributed by atoms with Crippen LogP contribution in [0.2, 0.25) is 0 Å². The Bertz CT molecular complexity index is 223. The van der Waals surface area contributed by atoms with Gasteiger partial charge < -0.3 is 20.7 Å². The van der Waals surface area contributed by atoms with Gasteiger partial charge in [-0.15, -0.1) is 0 Å². The van der Waals surface area contributed by atoms with Gasteiger partial charge in [-0.25, -0.2) is 0 Å². The van der Waals surface area contributed by atoms with Crippen molar-refractivity contribution in [2.75, 3.05) is 6.54 Å². The van der Waals surface area contributed by atoms with Crippen molar-refractivity contribution < 1.29 is 14.8 Å². The molecular formula is C9H19BN2O3. The van der Waals surface area contributed by atoms with E-state index in [-0.39, 0.29) is 23.8 Å². The molecule has 1 aliphatic heterocycles. The Morgan fingerprint density at radius 1 is 1.53 bits per heavy atom. The van der Waals surface area contributed by atoms with Gasteiger partial charge in [0.25, 0.3) is 0 Å². The van der Waals surface area contributed by atoms with Crippen LogP contribution in [-0.4, -0.2) is 47.5 Å². The van der Waals surface area contributed by atoms with Crippen molar-refractivity contribution in [3.63, 3.8) is 0 Å². The Morgan fingerprint density at radius 3 is 2.67 bits per heavy atom. The van der Waals surface area contributed by atoms with E-state index in [1.807, 2.05) is 13.8 Å². The van der Waals surface area contributed by atoms with Crippen LogP contribution in [0.15, 0.2) is 0 Å². The van der Waals surface area contributed by atoms with Gasteiger partial charge in [-0.2, -0.15) is 0 Å². The summed E-state index contributed by atoms with van der Waals surface area (Å²) in [4.78, 5) is 11.6. The number of hydrogen-bond donors (Lipinski definition) is 4. The molecule has 1 unspecified atom stereocenters. The minimum Gasteiger partial charge on any atom is -0.426 e. The first-order chi connectivity index (χ1) is 7.00.